The van der Waals surface area contributed by atoms with Crippen molar-refractivity contribution in [2.75, 3.05) is 0 Å². The second-order valence-electron chi connectivity index (χ2n) is 3.87. The van der Waals surface area contributed by atoms with Crippen LogP contribution in [0.1, 0.15) is 19.4 Å². The Morgan fingerprint density at radius 2 is 1.93 bits per heavy atom. The number of rotatable bonds is 2. The van der Waals surface area contributed by atoms with E-state index in [1.807, 2.05) is 24.4 Å². The van der Waals surface area contributed by atoms with Gasteiger partial charge < -0.3 is 0 Å². The second-order valence-corrected chi connectivity index (χ2v) is 3.87. The van der Waals surface area contributed by atoms with Crippen LogP contribution < -0.4 is 5.48 Å². The molecule has 1 N–H and O–H groups in total. The van der Waals surface area contributed by atoms with Gasteiger partial charge in [-0.1, -0.05) is 44.2 Å². The predicted molar refractivity (Wildman–Crippen MR) is 56.3 cm³/mol. The molecular formula is C12H15NO. The smallest absolute Gasteiger partial charge is 0.143 e. The lowest BCUT2D eigenvalue weighted by Crippen LogP contribution is -2.32. The largest absolute Gasteiger partial charge is 0.273 e. The molecular weight excluding hydrogens is 174 g/mol. The summed E-state index contributed by atoms with van der Waals surface area (Å²) >= 11 is 0. The van der Waals surface area contributed by atoms with Gasteiger partial charge in [0, 0.05) is 6.20 Å². The molecule has 14 heavy (non-hydrogen) atoms. The number of hydrogen-bond donors (Lipinski definition) is 1. The number of nitrogens with one attached hydrogen (secondary N) is 1. The first-order valence-corrected chi connectivity index (χ1v) is 4.92. The molecule has 0 aromatic heterocycles. The van der Waals surface area contributed by atoms with E-state index in [-0.39, 0.29) is 5.60 Å². The molecule has 0 spiro atoms. The third kappa shape index (κ3) is 1.32. The van der Waals surface area contributed by atoms with Gasteiger partial charge in [-0.25, -0.2) is 0 Å². The molecule has 0 bridgehead atoms. The molecule has 1 heterocycles. The summed E-state index contributed by atoms with van der Waals surface area (Å²) in [6.07, 6.45) is 3.93. The van der Waals surface area contributed by atoms with Crippen molar-refractivity contribution in [2.45, 2.75) is 19.4 Å². The summed E-state index contributed by atoms with van der Waals surface area (Å²) < 4.78 is 0. The van der Waals surface area contributed by atoms with E-state index >= 15 is 0 Å². The van der Waals surface area contributed by atoms with Gasteiger partial charge in [-0.05, 0) is 17.6 Å². The Kier molecular flexibility index (Phi) is 2.30. The van der Waals surface area contributed by atoms with E-state index in [2.05, 4.69) is 37.5 Å². The second kappa shape index (κ2) is 3.46. The molecule has 0 aliphatic carbocycles. The van der Waals surface area contributed by atoms with Crippen LogP contribution in [0, 0.1) is 5.92 Å². The topological polar surface area (TPSA) is 21.3 Å². The third-order valence-corrected chi connectivity index (χ3v) is 2.71. The standard InChI is InChI=1S/C12H15NO/c1-10(2)12(8-9-13-14-12)11-6-4-3-5-7-11/h3-10,13H,1-2H3. The molecule has 0 saturated heterocycles. The van der Waals surface area contributed by atoms with Crippen LogP contribution in [-0.4, -0.2) is 0 Å². The van der Waals surface area contributed by atoms with Crippen LogP contribution >= 0.6 is 0 Å². The van der Waals surface area contributed by atoms with E-state index in [0.29, 0.717) is 5.92 Å². The fourth-order valence-electron chi connectivity index (χ4n) is 1.82. The minimum absolute atomic E-state index is 0.304. The van der Waals surface area contributed by atoms with Gasteiger partial charge in [-0.3, -0.25) is 10.3 Å². The molecule has 0 saturated carbocycles. The maximum absolute atomic E-state index is 5.63. The van der Waals surface area contributed by atoms with Gasteiger partial charge in [0.05, 0.1) is 0 Å². The number of hydroxylamine groups is 1. The first-order chi connectivity index (χ1) is 6.76. The van der Waals surface area contributed by atoms with Crippen molar-refractivity contribution in [3.8, 4) is 0 Å². The SMILES string of the molecule is CC(C)C1(c2ccccc2)C=CNO1. The van der Waals surface area contributed by atoms with Crippen molar-refractivity contribution in [3.63, 3.8) is 0 Å². The van der Waals surface area contributed by atoms with Gasteiger partial charge in [-0.15, -0.1) is 0 Å². The summed E-state index contributed by atoms with van der Waals surface area (Å²) in [5, 5.41) is 0. The van der Waals surface area contributed by atoms with E-state index in [4.69, 9.17) is 4.84 Å². The Bertz CT molecular complexity index is 331. The summed E-state index contributed by atoms with van der Waals surface area (Å²) in [5.41, 5.74) is 3.70. The summed E-state index contributed by atoms with van der Waals surface area (Å²) in [5.74, 6) is 0.399. The van der Waals surface area contributed by atoms with Crippen LogP contribution in [0.25, 0.3) is 0 Å². The number of hydrogen-bond acceptors (Lipinski definition) is 2. The molecule has 2 nitrogen and oxygen atoms in total. The molecule has 2 heteroatoms. The molecule has 1 aliphatic rings. The van der Waals surface area contributed by atoms with Crippen molar-refractivity contribution in [3.05, 3.63) is 48.2 Å². The number of benzene rings is 1. The Labute approximate surface area is 84.5 Å². The minimum atomic E-state index is -0.304. The Balaban J connectivity index is 2.42. The molecule has 1 aromatic rings. The Morgan fingerprint density at radius 3 is 2.43 bits per heavy atom. The molecule has 0 amide bonds. The fraction of sp³-hybridized carbons (Fsp3) is 0.333. The normalized spacial score (nSPS) is 25.4. The van der Waals surface area contributed by atoms with Crippen LogP contribution in [0.3, 0.4) is 0 Å². The lowest BCUT2D eigenvalue weighted by molar-refractivity contribution is -0.0707. The lowest BCUT2D eigenvalue weighted by Gasteiger charge is -2.30. The first kappa shape index (κ1) is 9.28. The summed E-state index contributed by atoms with van der Waals surface area (Å²) in [4.78, 5) is 5.63. The van der Waals surface area contributed by atoms with E-state index < -0.39 is 0 Å². The molecule has 1 aromatic carbocycles. The van der Waals surface area contributed by atoms with Gasteiger partial charge in [0.2, 0.25) is 0 Å². The Hall–Kier alpha value is -1.28. The zero-order valence-corrected chi connectivity index (χ0v) is 8.53. The molecule has 0 fully saturated rings. The Morgan fingerprint density at radius 1 is 1.21 bits per heavy atom. The van der Waals surface area contributed by atoms with Crippen LogP contribution in [-0.2, 0) is 10.4 Å². The van der Waals surface area contributed by atoms with Crippen molar-refractivity contribution in [2.24, 2.45) is 5.92 Å². The summed E-state index contributed by atoms with van der Waals surface area (Å²) in [6, 6.07) is 10.3. The molecule has 2 rings (SSSR count). The maximum Gasteiger partial charge on any atom is 0.143 e. The first-order valence-electron chi connectivity index (χ1n) is 4.92. The highest BCUT2D eigenvalue weighted by Gasteiger charge is 2.37. The molecule has 1 aliphatic heterocycles. The van der Waals surface area contributed by atoms with E-state index in [0.717, 1.165) is 0 Å². The zero-order valence-electron chi connectivity index (χ0n) is 8.53. The molecule has 1 atom stereocenters. The third-order valence-electron chi connectivity index (χ3n) is 2.71. The lowest BCUT2D eigenvalue weighted by atomic mass is 9.84. The highest BCUT2D eigenvalue weighted by Crippen LogP contribution is 2.36. The van der Waals surface area contributed by atoms with Crippen LogP contribution in [0.2, 0.25) is 0 Å². The quantitative estimate of drug-likeness (QED) is 0.772. The van der Waals surface area contributed by atoms with E-state index in [9.17, 15) is 0 Å². The van der Waals surface area contributed by atoms with Gasteiger partial charge in [0.15, 0.2) is 0 Å². The monoisotopic (exact) mass is 189 g/mol. The summed E-state index contributed by atoms with van der Waals surface area (Å²) in [6.45, 7) is 4.31. The maximum atomic E-state index is 5.63. The van der Waals surface area contributed by atoms with Crippen molar-refractivity contribution < 1.29 is 4.84 Å². The zero-order chi connectivity index (χ0) is 10.0. The predicted octanol–water partition coefficient (Wildman–Crippen LogP) is 2.59. The molecule has 74 valence electrons. The average Bonchev–Trinajstić information content (AvgIpc) is 2.69. The van der Waals surface area contributed by atoms with Crippen molar-refractivity contribution in [1.82, 2.24) is 5.48 Å². The van der Waals surface area contributed by atoms with Crippen molar-refractivity contribution >= 4 is 0 Å². The highest BCUT2D eigenvalue weighted by atomic mass is 16.7. The van der Waals surface area contributed by atoms with Crippen LogP contribution in [0.4, 0.5) is 0 Å². The molecule has 0 radical (unpaired) electrons. The van der Waals surface area contributed by atoms with E-state index in [1.165, 1.54) is 5.56 Å². The average molecular weight is 189 g/mol. The highest BCUT2D eigenvalue weighted by molar-refractivity contribution is 5.29. The summed E-state index contributed by atoms with van der Waals surface area (Å²) in [7, 11) is 0. The minimum Gasteiger partial charge on any atom is -0.273 e. The fourth-order valence-corrected chi connectivity index (χ4v) is 1.82. The van der Waals surface area contributed by atoms with E-state index in [1.54, 1.807) is 0 Å². The van der Waals surface area contributed by atoms with Crippen LogP contribution in [0.5, 0.6) is 0 Å². The van der Waals surface area contributed by atoms with Gasteiger partial charge in [0.25, 0.3) is 0 Å². The van der Waals surface area contributed by atoms with Crippen LogP contribution in [0.15, 0.2) is 42.6 Å². The molecule has 1 unspecified atom stereocenters. The van der Waals surface area contributed by atoms with Crippen molar-refractivity contribution in [1.29, 1.82) is 0 Å². The van der Waals surface area contributed by atoms with Gasteiger partial charge in [0.1, 0.15) is 5.60 Å². The van der Waals surface area contributed by atoms with Gasteiger partial charge >= 0.3 is 0 Å². The van der Waals surface area contributed by atoms with Gasteiger partial charge in [-0.2, -0.15) is 0 Å².